The van der Waals surface area contributed by atoms with Gasteiger partial charge in [0, 0.05) is 32.4 Å². The summed E-state index contributed by atoms with van der Waals surface area (Å²) in [5, 5.41) is 3.17. The van der Waals surface area contributed by atoms with E-state index >= 15 is 0 Å². The van der Waals surface area contributed by atoms with Crippen molar-refractivity contribution in [3.05, 3.63) is 48.2 Å². The maximum atomic E-state index is 12.6. The Morgan fingerprint density at radius 3 is 3.04 bits per heavy atom. The van der Waals surface area contributed by atoms with Crippen molar-refractivity contribution in [3.8, 4) is 0 Å². The Bertz CT molecular complexity index is 694. The van der Waals surface area contributed by atoms with Gasteiger partial charge in [0.05, 0.1) is 25.0 Å². The van der Waals surface area contributed by atoms with Gasteiger partial charge in [0.2, 0.25) is 0 Å². The molecule has 2 aliphatic heterocycles. The lowest BCUT2D eigenvalue weighted by atomic mass is 10.0. The number of carbonyl (C=O) groups excluding carboxylic acids is 1. The van der Waals surface area contributed by atoms with Gasteiger partial charge in [-0.25, -0.2) is 0 Å². The second-order valence-corrected chi connectivity index (χ2v) is 6.64. The largest absolute Gasteiger partial charge is 0.468 e. The van der Waals surface area contributed by atoms with Crippen molar-refractivity contribution < 1.29 is 13.9 Å². The quantitative estimate of drug-likeness (QED) is 0.929. The fourth-order valence-corrected chi connectivity index (χ4v) is 3.91. The minimum atomic E-state index is -0.0414. The zero-order valence-electron chi connectivity index (χ0n) is 13.9. The van der Waals surface area contributed by atoms with Gasteiger partial charge in [0.1, 0.15) is 11.5 Å². The predicted molar refractivity (Wildman–Crippen MR) is 88.5 cm³/mol. The molecule has 0 radical (unpaired) electrons. The number of rotatable bonds is 4. The standard InChI is InChI=1S/C18H23N3O3/c1-20-8-2-6-16(20)18(22)19-14-12-21(11-13-5-3-9-23-13)15-7-4-10-24-17(14)15/h2-3,5-6,8-9,14-15,17H,4,7,10-12H2,1H3,(H,19,22)/t14-,15+,17+/m1/s1. The van der Waals surface area contributed by atoms with Crippen LogP contribution in [-0.2, 0) is 18.3 Å². The third kappa shape index (κ3) is 2.87. The van der Waals surface area contributed by atoms with Crippen LogP contribution in [0.5, 0.6) is 0 Å². The van der Waals surface area contributed by atoms with E-state index in [9.17, 15) is 4.79 Å². The molecule has 0 saturated carbocycles. The Labute approximate surface area is 141 Å². The molecule has 0 unspecified atom stereocenters. The van der Waals surface area contributed by atoms with Crippen LogP contribution in [-0.4, -0.2) is 46.7 Å². The van der Waals surface area contributed by atoms with E-state index in [1.807, 2.05) is 42.1 Å². The summed E-state index contributed by atoms with van der Waals surface area (Å²) in [5.74, 6) is 0.911. The number of aryl methyl sites for hydroxylation is 1. The highest BCUT2D eigenvalue weighted by molar-refractivity contribution is 5.93. The molecular weight excluding hydrogens is 306 g/mol. The molecule has 4 rings (SSSR count). The Morgan fingerprint density at radius 2 is 2.29 bits per heavy atom. The summed E-state index contributed by atoms with van der Waals surface area (Å²) < 4.78 is 13.3. The molecular formula is C18H23N3O3. The maximum Gasteiger partial charge on any atom is 0.268 e. The monoisotopic (exact) mass is 329 g/mol. The van der Waals surface area contributed by atoms with Crippen LogP contribution in [0.15, 0.2) is 41.1 Å². The fourth-order valence-electron chi connectivity index (χ4n) is 3.91. The number of nitrogens with zero attached hydrogens (tertiary/aromatic N) is 2. The third-order valence-corrected chi connectivity index (χ3v) is 5.06. The van der Waals surface area contributed by atoms with Gasteiger partial charge in [-0.1, -0.05) is 0 Å². The highest BCUT2D eigenvalue weighted by Crippen LogP contribution is 2.30. The number of fused-ring (bicyclic) bond motifs is 1. The summed E-state index contributed by atoms with van der Waals surface area (Å²) in [6.45, 7) is 2.31. The van der Waals surface area contributed by atoms with Gasteiger partial charge < -0.3 is 19.0 Å². The van der Waals surface area contributed by atoms with Gasteiger partial charge in [-0.2, -0.15) is 0 Å². The van der Waals surface area contributed by atoms with Gasteiger partial charge in [-0.05, 0) is 37.1 Å². The van der Waals surface area contributed by atoms with E-state index in [-0.39, 0.29) is 18.1 Å². The molecule has 0 aromatic carbocycles. The van der Waals surface area contributed by atoms with E-state index in [4.69, 9.17) is 9.15 Å². The zero-order valence-corrected chi connectivity index (χ0v) is 13.9. The minimum absolute atomic E-state index is 0.00709. The van der Waals surface area contributed by atoms with Gasteiger partial charge >= 0.3 is 0 Å². The summed E-state index contributed by atoms with van der Waals surface area (Å²) in [5.41, 5.74) is 0.673. The van der Waals surface area contributed by atoms with Crippen molar-refractivity contribution in [2.24, 2.45) is 7.05 Å². The van der Waals surface area contributed by atoms with E-state index in [2.05, 4.69) is 10.2 Å². The number of carbonyl (C=O) groups is 1. The van der Waals surface area contributed by atoms with E-state index in [0.717, 1.165) is 38.3 Å². The van der Waals surface area contributed by atoms with Crippen molar-refractivity contribution in [3.63, 3.8) is 0 Å². The summed E-state index contributed by atoms with van der Waals surface area (Å²) in [6, 6.07) is 7.97. The number of hydrogen-bond acceptors (Lipinski definition) is 4. The molecule has 3 atom stereocenters. The Hall–Kier alpha value is -2.05. The SMILES string of the molecule is Cn1cccc1C(=O)N[C@@H]1CN(Cc2ccco2)[C@H]2CCCO[C@@H]12. The molecule has 128 valence electrons. The van der Waals surface area contributed by atoms with Gasteiger partial charge in [-0.15, -0.1) is 0 Å². The van der Waals surface area contributed by atoms with E-state index in [1.54, 1.807) is 6.26 Å². The molecule has 1 N–H and O–H groups in total. The van der Waals surface area contributed by atoms with Crippen molar-refractivity contribution in [2.75, 3.05) is 13.2 Å². The highest BCUT2D eigenvalue weighted by atomic mass is 16.5. The topological polar surface area (TPSA) is 59.6 Å². The number of likely N-dealkylation sites (tertiary alicyclic amines) is 1. The zero-order chi connectivity index (χ0) is 16.5. The first-order valence-corrected chi connectivity index (χ1v) is 8.52. The molecule has 0 spiro atoms. The van der Waals surface area contributed by atoms with Gasteiger partial charge in [0.25, 0.3) is 5.91 Å². The van der Waals surface area contributed by atoms with Crippen LogP contribution in [0.3, 0.4) is 0 Å². The maximum absolute atomic E-state index is 12.6. The number of ether oxygens (including phenoxy) is 1. The first kappa shape index (κ1) is 15.5. The van der Waals surface area contributed by atoms with Crippen LogP contribution < -0.4 is 5.32 Å². The van der Waals surface area contributed by atoms with Crippen LogP contribution in [0.4, 0.5) is 0 Å². The molecule has 24 heavy (non-hydrogen) atoms. The van der Waals surface area contributed by atoms with Crippen LogP contribution in [0.25, 0.3) is 0 Å². The average molecular weight is 329 g/mol. The van der Waals surface area contributed by atoms with Crippen molar-refractivity contribution in [1.29, 1.82) is 0 Å². The minimum Gasteiger partial charge on any atom is -0.468 e. The van der Waals surface area contributed by atoms with E-state index < -0.39 is 0 Å². The normalized spacial score (nSPS) is 27.1. The Kier molecular flexibility index (Phi) is 4.16. The second kappa shape index (κ2) is 6.45. The van der Waals surface area contributed by atoms with Gasteiger partial charge in [-0.3, -0.25) is 9.69 Å². The van der Waals surface area contributed by atoms with Crippen molar-refractivity contribution in [2.45, 2.75) is 37.6 Å². The van der Waals surface area contributed by atoms with Crippen molar-refractivity contribution in [1.82, 2.24) is 14.8 Å². The lowest BCUT2D eigenvalue weighted by molar-refractivity contribution is -0.0219. The lowest BCUT2D eigenvalue weighted by Crippen LogP contribution is -2.47. The van der Waals surface area contributed by atoms with Crippen LogP contribution >= 0.6 is 0 Å². The molecule has 0 aliphatic carbocycles. The molecule has 6 heteroatoms. The first-order valence-electron chi connectivity index (χ1n) is 8.52. The molecule has 2 saturated heterocycles. The summed E-state index contributed by atoms with van der Waals surface area (Å²) >= 11 is 0. The number of nitrogens with one attached hydrogen (secondary N) is 1. The number of hydrogen-bond donors (Lipinski definition) is 1. The molecule has 4 heterocycles. The van der Waals surface area contributed by atoms with Crippen LogP contribution in [0, 0.1) is 0 Å². The molecule has 6 nitrogen and oxygen atoms in total. The average Bonchev–Trinajstić information content (AvgIpc) is 3.30. The van der Waals surface area contributed by atoms with Gasteiger partial charge in [0.15, 0.2) is 0 Å². The summed E-state index contributed by atoms with van der Waals surface area (Å²) in [4.78, 5) is 14.9. The number of aromatic nitrogens is 1. The Morgan fingerprint density at radius 1 is 1.38 bits per heavy atom. The third-order valence-electron chi connectivity index (χ3n) is 5.06. The fraction of sp³-hybridized carbons (Fsp3) is 0.500. The molecule has 2 aliphatic rings. The lowest BCUT2D eigenvalue weighted by Gasteiger charge is -2.32. The summed E-state index contributed by atoms with van der Waals surface area (Å²) in [6.07, 6.45) is 5.80. The summed E-state index contributed by atoms with van der Waals surface area (Å²) in [7, 11) is 1.88. The highest BCUT2D eigenvalue weighted by Gasteiger charge is 2.44. The second-order valence-electron chi connectivity index (χ2n) is 6.64. The molecule has 2 aromatic heterocycles. The number of furan rings is 1. The first-order chi connectivity index (χ1) is 11.7. The van der Waals surface area contributed by atoms with E-state index in [0.29, 0.717) is 11.7 Å². The predicted octanol–water partition coefficient (Wildman–Crippen LogP) is 1.78. The number of amides is 1. The molecule has 2 fully saturated rings. The van der Waals surface area contributed by atoms with Crippen molar-refractivity contribution >= 4 is 5.91 Å². The molecule has 1 amide bonds. The van der Waals surface area contributed by atoms with E-state index in [1.165, 1.54) is 0 Å². The smallest absolute Gasteiger partial charge is 0.268 e. The van der Waals surface area contributed by atoms with Crippen LogP contribution in [0.1, 0.15) is 29.1 Å². The molecule has 0 bridgehead atoms. The molecule has 2 aromatic rings. The van der Waals surface area contributed by atoms with Crippen LogP contribution in [0.2, 0.25) is 0 Å². The Balaban J connectivity index is 1.48.